The van der Waals surface area contributed by atoms with Gasteiger partial charge >= 0.3 is 0 Å². The highest BCUT2D eigenvalue weighted by Gasteiger charge is 2.20. The SMILES string of the molecule is O=C(Nc1ccc2c(c1)nc1n2CCN(Cc2ccccc2)C1)c1ccccc1Cl. The van der Waals surface area contributed by atoms with Crippen molar-refractivity contribution in [3.05, 3.63) is 94.8 Å². The van der Waals surface area contributed by atoms with Gasteiger partial charge in [-0.3, -0.25) is 9.69 Å². The Labute approximate surface area is 179 Å². The van der Waals surface area contributed by atoms with Crippen molar-refractivity contribution in [2.75, 3.05) is 11.9 Å². The number of imidazole rings is 1. The van der Waals surface area contributed by atoms with Crippen LogP contribution < -0.4 is 5.32 Å². The van der Waals surface area contributed by atoms with Gasteiger partial charge in [-0.25, -0.2) is 4.98 Å². The van der Waals surface area contributed by atoms with E-state index in [-0.39, 0.29) is 5.91 Å². The number of amides is 1. The second-order valence-electron chi connectivity index (χ2n) is 7.51. The molecule has 0 radical (unpaired) electrons. The Morgan fingerprint density at radius 2 is 1.80 bits per heavy atom. The topological polar surface area (TPSA) is 50.2 Å². The lowest BCUT2D eigenvalue weighted by Gasteiger charge is -2.27. The second kappa shape index (κ2) is 7.94. The molecule has 1 N–H and O–H groups in total. The van der Waals surface area contributed by atoms with Gasteiger partial charge in [-0.1, -0.05) is 54.1 Å². The average Bonchev–Trinajstić information content (AvgIpc) is 3.11. The highest BCUT2D eigenvalue weighted by Crippen LogP contribution is 2.25. The number of rotatable bonds is 4. The molecule has 150 valence electrons. The molecule has 0 fully saturated rings. The minimum absolute atomic E-state index is 0.224. The number of benzene rings is 3. The van der Waals surface area contributed by atoms with Crippen molar-refractivity contribution in [3.63, 3.8) is 0 Å². The standard InChI is InChI=1S/C24H21ClN4O/c25-20-9-5-4-8-19(20)24(30)26-18-10-11-22-21(14-18)27-23-16-28(12-13-29(22)23)15-17-6-2-1-3-7-17/h1-11,14H,12-13,15-16H2,(H,26,30). The molecule has 4 aromatic rings. The maximum atomic E-state index is 12.6. The molecule has 5 rings (SSSR count). The lowest BCUT2D eigenvalue weighted by Crippen LogP contribution is -2.33. The largest absolute Gasteiger partial charge is 0.326 e. The number of nitrogens with one attached hydrogen (secondary N) is 1. The van der Waals surface area contributed by atoms with E-state index in [0.29, 0.717) is 16.3 Å². The monoisotopic (exact) mass is 416 g/mol. The Balaban J connectivity index is 1.36. The Morgan fingerprint density at radius 1 is 1.00 bits per heavy atom. The fourth-order valence-corrected chi connectivity index (χ4v) is 4.19. The third kappa shape index (κ3) is 3.70. The van der Waals surface area contributed by atoms with E-state index in [2.05, 4.69) is 39.0 Å². The molecule has 1 aliphatic rings. The first-order chi connectivity index (χ1) is 14.7. The zero-order valence-electron chi connectivity index (χ0n) is 16.4. The number of hydrogen-bond donors (Lipinski definition) is 1. The quantitative estimate of drug-likeness (QED) is 0.511. The third-order valence-corrected chi connectivity index (χ3v) is 5.79. The van der Waals surface area contributed by atoms with Gasteiger partial charge in [-0.2, -0.15) is 0 Å². The summed E-state index contributed by atoms with van der Waals surface area (Å²) in [4.78, 5) is 19.8. The van der Waals surface area contributed by atoms with Crippen LogP contribution in [0.5, 0.6) is 0 Å². The number of anilines is 1. The summed E-state index contributed by atoms with van der Waals surface area (Å²) in [6, 6.07) is 23.4. The van der Waals surface area contributed by atoms with Gasteiger partial charge in [-0.15, -0.1) is 0 Å². The molecular weight excluding hydrogens is 396 g/mol. The van der Waals surface area contributed by atoms with E-state index < -0.39 is 0 Å². The molecule has 0 bridgehead atoms. The Kier molecular flexibility index (Phi) is 4.99. The molecule has 3 aromatic carbocycles. The van der Waals surface area contributed by atoms with Crippen LogP contribution in [0.25, 0.3) is 11.0 Å². The van der Waals surface area contributed by atoms with Gasteiger partial charge < -0.3 is 9.88 Å². The molecule has 0 saturated carbocycles. The molecule has 0 atom stereocenters. The van der Waals surface area contributed by atoms with Gasteiger partial charge in [-0.05, 0) is 35.9 Å². The van der Waals surface area contributed by atoms with Gasteiger partial charge in [0.15, 0.2) is 0 Å². The van der Waals surface area contributed by atoms with Gasteiger partial charge in [0.2, 0.25) is 0 Å². The van der Waals surface area contributed by atoms with E-state index in [9.17, 15) is 4.79 Å². The predicted octanol–water partition coefficient (Wildman–Crippen LogP) is 4.96. The van der Waals surface area contributed by atoms with Crippen LogP contribution in [0.4, 0.5) is 5.69 Å². The van der Waals surface area contributed by atoms with Crippen molar-refractivity contribution in [1.82, 2.24) is 14.5 Å². The van der Waals surface area contributed by atoms with Crippen molar-refractivity contribution < 1.29 is 4.79 Å². The molecule has 0 saturated heterocycles. The van der Waals surface area contributed by atoms with E-state index in [1.807, 2.05) is 30.3 Å². The molecule has 30 heavy (non-hydrogen) atoms. The first kappa shape index (κ1) is 18.9. The van der Waals surface area contributed by atoms with Crippen molar-refractivity contribution in [1.29, 1.82) is 0 Å². The Bertz CT molecular complexity index is 1220. The smallest absolute Gasteiger partial charge is 0.257 e. The summed E-state index contributed by atoms with van der Waals surface area (Å²) in [7, 11) is 0. The maximum Gasteiger partial charge on any atom is 0.257 e. The number of fused-ring (bicyclic) bond motifs is 3. The van der Waals surface area contributed by atoms with Gasteiger partial charge in [0.05, 0.1) is 28.2 Å². The summed E-state index contributed by atoms with van der Waals surface area (Å²) in [5, 5.41) is 3.37. The van der Waals surface area contributed by atoms with Crippen molar-refractivity contribution >= 4 is 34.2 Å². The normalized spacial score (nSPS) is 13.9. The Hall–Kier alpha value is -3.15. The molecule has 1 amide bonds. The molecule has 1 aromatic heterocycles. The summed E-state index contributed by atoms with van der Waals surface area (Å²) in [5.41, 5.74) is 4.47. The third-order valence-electron chi connectivity index (χ3n) is 5.46. The molecular formula is C24H21ClN4O. The van der Waals surface area contributed by atoms with Crippen LogP contribution in [0.15, 0.2) is 72.8 Å². The van der Waals surface area contributed by atoms with E-state index in [0.717, 1.165) is 43.0 Å². The minimum Gasteiger partial charge on any atom is -0.326 e. The number of halogens is 1. The molecule has 1 aliphatic heterocycles. The number of nitrogens with zero attached hydrogens (tertiary/aromatic N) is 3. The highest BCUT2D eigenvalue weighted by molar-refractivity contribution is 6.34. The van der Waals surface area contributed by atoms with Crippen LogP contribution in [-0.4, -0.2) is 26.9 Å². The lowest BCUT2D eigenvalue weighted by atomic mass is 10.2. The Morgan fingerprint density at radius 3 is 2.63 bits per heavy atom. The van der Waals surface area contributed by atoms with Gasteiger partial charge in [0.25, 0.3) is 5.91 Å². The van der Waals surface area contributed by atoms with Crippen LogP contribution in [0.2, 0.25) is 5.02 Å². The van der Waals surface area contributed by atoms with E-state index >= 15 is 0 Å². The molecule has 6 heteroatoms. The molecule has 5 nitrogen and oxygen atoms in total. The first-order valence-corrected chi connectivity index (χ1v) is 10.4. The summed E-state index contributed by atoms with van der Waals surface area (Å²) >= 11 is 6.14. The summed E-state index contributed by atoms with van der Waals surface area (Å²) < 4.78 is 2.27. The van der Waals surface area contributed by atoms with E-state index in [1.54, 1.807) is 18.2 Å². The first-order valence-electron chi connectivity index (χ1n) is 9.99. The number of hydrogen-bond acceptors (Lipinski definition) is 3. The van der Waals surface area contributed by atoms with Gasteiger partial charge in [0.1, 0.15) is 5.82 Å². The number of aromatic nitrogens is 2. The van der Waals surface area contributed by atoms with Crippen LogP contribution in [0, 0.1) is 0 Å². The average molecular weight is 417 g/mol. The van der Waals surface area contributed by atoms with Crippen LogP contribution >= 0.6 is 11.6 Å². The van der Waals surface area contributed by atoms with Crippen LogP contribution in [0.3, 0.4) is 0 Å². The van der Waals surface area contributed by atoms with Gasteiger partial charge in [0, 0.05) is 25.3 Å². The molecule has 0 aliphatic carbocycles. The summed E-state index contributed by atoms with van der Waals surface area (Å²) in [6.07, 6.45) is 0. The zero-order chi connectivity index (χ0) is 20.5. The lowest BCUT2D eigenvalue weighted by molar-refractivity contribution is 0.102. The molecule has 2 heterocycles. The van der Waals surface area contributed by atoms with Crippen LogP contribution in [0.1, 0.15) is 21.7 Å². The fourth-order valence-electron chi connectivity index (χ4n) is 3.97. The minimum atomic E-state index is -0.224. The zero-order valence-corrected chi connectivity index (χ0v) is 17.1. The summed E-state index contributed by atoms with van der Waals surface area (Å²) in [6.45, 7) is 3.62. The van der Waals surface area contributed by atoms with Crippen LogP contribution in [-0.2, 0) is 19.6 Å². The number of carbonyl (C=O) groups excluding carboxylic acids is 1. The number of carbonyl (C=O) groups is 1. The van der Waals surface area contributed by atoms with Crippen molar-refractivity contribution in [2.24, 2.45) is 0 Å². The molecule has 0 spiro atoms. The summed E-state index contributed by atoms with van der Waals surface area (Å²) in [5.74, 6) is 0.833. The second-order valence-corrected chi connectivity index (χ2v) is 7.92. The van der Waals surface area contributed by atoms with Crippen molar-refractivity contribution in [3.8, 4) is 0 Å². The fraction of sp³-hybridized carbons (Fsp3) is 0.167. The highest BCUT2D eigenvalue weighted by atomic mass is 35.5. The van der Waals surface area contributed by atoms with E-state index in [4.69, 9.17) is 16.6 Å². The van der Waals surface area contributed by atoms with Crippen molar-refractivity contribution in [2.45, 2.75) is 19.6 Å². The maximum absolute atomic E-state index is 12.6. The van der Waals surface area contributed by atoms with E-state index in [1.165, 1.54) is 5.56 Å². The molecule has 0 unspecified atom stereocenters. The predicted molar refractivity (Wildman–Crippen MR) is 120 cm³/mol.